The summed E-state index contributed by atoms with van der Waals surface area (Å²) in [5.74, 6) is -1.36. The van der Waals surface area contributed by atoms with Crippen molar-refractivity contribution in [3.8, 4) is 5.75 Å². The molecule has 1 aliphatic heterocycles. The number of nitrogens with two attached hydrogens (primary N) is 1. The van der Waals surface area contributed by atoms with Gasteiger partial charge >= 0.3 is 0 Å². The highest BCUT2D eigenvalue weighted by Crippen LogP contribution is 2.43. The Morgan fingerprint density at radius 1 is 0.971 bits per heavy atom. The van der Waals surface area contributed by atoms with Crippen LogP contribution in [0.3, 0.4) is 0 Å². The number of rotatable bonds is 5. The van der Waals surface area contributed by atoms with Crippen LogP contribution in [0.1, 0.15) is 28.3 Å². The minimum atomic E-state index is -3.94. The zero-order valence-electron chi connectivity index (χ0n) is 19.3. The third-order valence-electron chi connectivity index (χ3n) is 6.00. The molecule has 1 unspecified atom stereocenters. The molecular weight excluding hydrogens is 468 g/mol. The fourth-order valence-electron chi connectivity index (χ4n) is 4.26. The van der Waals surface area contributed by atoms with E-state index in [1.807, 2.05) is 6.92 Å². The smallest absolute Gasteiger partial charge is 0.300 e. The van der Waals surface area contributed by atoms with E-state index >= 15 is 0 Å². The predicted molar refractivity (Wildman–Crippen MR) is 132 cm³/mol. The molecule has 8 nitrogen and oxygen atoms in total. The minimum absolute atomic E-state index is 0.0654. The number of anilines is 1. The molecule has 3 aromatic carbocycles. The maximum absolute atomic E-state index is 13.3. The van der Waals surface area contributed by atoms with E-state index in [0.717, 1.165) is 5.56 Å². The van der Waals surface area contributed by atoms with E-state index in [9.17, 15) is 23.1 Å². The summed E-state index contributed by atoms with van der Waals surface area (Å²) in [6.07, 6.45) is 0. The van der Waals surface area contributed by atoms with Crippen LogP contribution in [-0.2, 0) is 19.6 Å². The number of sulfonamides is 1. The van der Waals surface area contributed by atoms with Crippen LogP contribution in [-0.4, -0.2) is 32.3 Å². The van der Waals surface area contributed by atoms with E-state index in [2.05, 4.69) is 0 Å². The number of ether oxygens (including phenoxy) is 1. The first-order chi connectivity index (χ1) is 16.5. The van der Waals surface area contributed by atoms with E-state index < -0.39 is 27.8 Å². The molecule has 0 saturated carbocycles. The molecule has 1 saturated heterocycles. The topological polar surface area (TPSA) is 127 Å². The average molecular weight is 493 g/mol. The molecule has 3 aromatic rings. The molecule has 9 heteroatoms. The van der Waals surface area contributed by atoms with Gasteiger partial charge in [-0.05, 0) is 66.9 Å². The van der Waals surface area contributed by atoms with Crippen LogP contribution in [0.4, 0.5) is 5.69 Å². The Bertz CT molecular complexity index is 1460. The van der Waals surface area contributed by atoms with Crippen molar-refractivity contribution >= 4 is 33.2 Å². The predicted octanol–water partition coefficient (Wildman–Crippen LogP) is 3.59. The van der Waals surface area contributed by atoms with E-state index in [0.29, 0.717) is 22.4 Å². The van der Waals surface area contributed by atoms with Gasteiger partial charge in [-0.15, -0.1) is 0 Å². The van der Waals surface area contributed by atoms with Gasteiger partial charge in [-0.1, -0.05) is 30.3 Å². The summed E-state index contributed by atoms with van der Waals surface area (Å²) in [7, 11) is -2.39. The maximum Gasteiger partial charge on any atom is 0.300 e. The Kier molecular flexibility index (Phi) is 6.23. The molecule has 180 valence electrons. The fourth-order valence-corrected chi connectivity index (χ4v) is 4.77. The lowest BCUT2D eigenvalue weighted by atomic mass is 9.93. The second-order valence-electron chi connectivity index (χ2n) is 8.26. The monoisotopic (exact) mass is 492 g/mol. The number of carbonyl (C=O) groups excluding carboxylic acids is 2. The molecular formula is C26H24N2O6S. The van der Waals surface area contributed by atoms with Crippen LogP contribution in [0.15, 0.2) is 77.2 Å². The number of ketones is 1. The van der Waals surface area contributed by atoms with Crippen molar-refractivity contribution < 1.29 is 27.9 Å². The van der Waals surface area contributed by atoms with Crippen molar-refractivity contribution in [1.82, 2.24) is 0 Å². The van der Waals surface area contributed by atoms with E-state index in [1.54, 1.807) is 56.5 Å². The van der Waals surface area contributed by atoms with Gasteiger partial charge in [-0.25, -0.2) is 13.6 Å². The minimum Gasteiger partial charge on any atom is -0.507 e. The lowest BCUT2D eigenvalue weighted by Crippen LogP contribution is -2.29. The number of carbonyl (C=O) groups is 2. The number of amides is 1. The standard InChI is InChI=1S/C26H24N2O6S/c1-15-14-21(34-3)16(2)13-20(15)24(29)22-23(17-7-5-4-6-8-17)28(26(31)25(22)30)18-9-11-19(12-10-18)35(27,32)33/h4-14,23,29H,1-3H3,(H2,27,32,33)/b24-22+. The molecule has 35 heavy (non-hydrogen) atoms. The first-order valence-corrected chi connectivity index (χ1v) is 12.2. The van der Waals surface area contributed by atoms with Crippen LogP contribution < -0.4 is 14.8 Å². The highest BCUT2D eigenvalue weighted by molar-refractivity contribution is 7.89. The van der Waals surface area contributed by atoms with Gasteiger partial charge in [0.1, 0.15) is 11.5 Å². The summed E-state index contributed by atoms with van der Waals surface area (Å²) in [6, 6.07) is 16.7. The molecule has 0 spiro atoms. The number of aryl methyl sites for hydroxylation is 2. The quantitative estimate of drug-likeness (QED) is 0.318. The first-order valence-electron chi connectivity index (χ1n) is 10.7. The van der Waals surface area contributed by atoms with Crippen molar-refractivity contribution in [2.75, 3.05) is 12.0 Å². The van der Waals surface area contributed by atoms with Gasteiger partial charge < -0.3 is 9.84 Å². The highest BCUT2D eigenvalue weighted by atomic mass is 32.2. The van der Waals surface area contributed by atoms with Crippen molar-refractivity contribution in [1.29, 1.82) is 0 Å². The molecule has 0 aliphatic carbocycles. The third kappa shape index (κ3) is 4.31. The highest BCUT2D eigenvalue weighted by Gasteiger charge is 2.47. The van der Waals surface area contributed by atoms with Gasteiger partial charge in [0.2, 0.25) is 10.0 Å². The number of hydrogen-bond acceptors (Lipinski definition) is 6. The molecule has 1 fully saturated rings. The van der Waals surface area contributed by atoms with Gasteiger partial charge in [0, 0.05) is 11.3 Å². The number of Topliss-reactive ketones (excluding diaryl/α,β-unsaturated/α-hetero) is 1. The Morgan fingerprint density at radius 2 is 1.60 bits per heavy atom. The van der Waals surface area contributed by atoms with Gasteiger partial charge in [0.15, 0.2) is 0 Å². The number of nitrogens with zero attached hydrogens (tertiary/aromatic N) is 1. The van der Waals surface area contributed by atoms with Gasteiger partial charge in [-0.3, -0.25) is 14.5 Å². The Balaban J connectivity index is 1.94. The molecule has 0 radical (unpaired) electrons. The van der Waals surface area contributed by atoms with Crippen LogP contribution in [0.25, 0.3) is 5.76 Å². The van der Waals surface area contributed by atoms with Gasteiger partial charge in [-0.2, -0.15) is 0 Å². The molecule has 3 N–H and O–H groups in total. The van der Waals surface area contributed by atoms with E-state index in [4.69, 9.17) is 9.88 Å². The zero-order chi connectivity index (χ0) is 25.5. The summed E-state index contributed by atoms with van der Waals surface area (Å²) >= 11 is 0. The molecule has 4 rings (SSSR count). The molecule has 1 atom stereocenters. The molecule has 0 bridgehead atoms. The number of hydrogen-bond donors (Lipinski definition) is 2. The maximum atomic E-state index is 13.3. The second kappa shape index (κ2) is 9.01. The molecule has 1 amide bonds. The van der Waals surface area contributed by atoms with Crippen molar-refractivity contribution in [2.45, 2.75) is 24.8 Å². The van der Waals surface area contributed by atoms with Crippen LogP contribution in [0.2, 0.25) is 0 Å². The van der Waals surface area contributed by atoms with E-state index in [-0.39, 0.29) is 21.9 Å². The van der Waals surface area contributed by atoms with E-state index in [1.165, 1.54) is 29.2 Å². The number of methoxy groups -OCH3 is 1. The first kappa shape index (κ1) is 24.2. The number of benzene rings is 3. The van der Waals surface area contributed by atoms with Gasteiger partial charge in [0.25, 0.3) is 11.7 Å². The summed E-state index contributed by atoms with van der Waals surface area (Å²) in [6.45, 7) is 3.59. The van der Waals surface area contributed by atoms with Gasteiger partial charge in [0.05, 0.1) is 23.6 Å². The number of aliphatic hydroxyl groups excluding tert-OH is 1. The normalized spacial score (nSPS) is 17.6. The second-order valence-corrected chi connectivity index (χ2v) is 9.82. The summed E-state index contributed by atoms with van der Waals surface area (Å²) < 4.78 is 28.7. The van der Waals surface area contributed by atoms with Crippen molar-refractivity contribution in [3.63, 3.8) is 0 Å². The Hall–Kier alpha value is -3.95. The van der Waals surface area contributed by atoms with Crippen LogP contribution in [0, 0.1) is 13.8 Å². The van der Waals surface area contributed by atoms with Crippen molar-refractivity contribution in [2.24, 2.45) is 5.14 Å². The largest absolute Gasteiger partial charge is 0.507 e. The third-order valence-corrected chi connectivity index (χ3v) is 6.93. The summed E-state index contributed by atoms with van der Waals surface area (Å²) in [5.41, 5.74) is 2.65. The zero-order valence-corrected chi connectivity index (χ0v) is 20.2. The van der Waals surface area contributed by atoms with Crippen LogP contribution >= 0.6 is 0 Å². The number of aliphatic hydroxyl groups is 1. The summed E-state index contributed by atoms with van der Waals surface area (Å²) in [5, 5.41) is 16.6. The van der Waals surface area contributed by atoms with Crippen LogP contribution in [0.5, 0.6) is 5.75 Å². The number of primary sulfonamides is 1. The molecule has 1 aliphatic rings. The van der Waals surface area contributed by atoms with Crippen molar-refractivity contribution in [3.05, 3.63) is 94.6 Å². The Labute approximate surface area is 203 Å². The summed E-state index contributed by atoms with van der Waals surface area (Å²) in [4.78, 5) is 27.6. The molecule has 0 aromatic heterocycles. The fraction of sp³-hybridized carbons (Fsp3) is 0.154. The lowest BCUT2D eigenvalue weighted by Gasteiger charge is -2.25. The lowest BCUT2D eigenvalue weighted by molar-refractivity contribution is -0.132. The molecule has 1 heterocycles. The SMILES string of the molecule is COc1cc(C)c(/C(O)=C2\C(=O)C(=O)N(c3ccc(S(N)(=O)=O)cc3)C2c2ccccc2)cc1C. The average Bonchev–Trinajstić information content (AvgIpc) is 3.10. The Morgan fingerprint density at radius 3 is 2.17 bits per heavy atom.